The van der Waals surface area contributed by atoms with Crippen molar-refractivity contribution in [3.8, 4) is 0 Å². The summed E-state index contributed by atoms with van der Waals surface area (Å²) >= 11 is 0. The standard InChI is InChI=1S/C11H20N3O/c1-3-14(2)8-7-13(11(14)15)10-5-4-6-12-9-10/h3,10,12H,1,4-9H2,2H3/q+1/t10-,14?/m1/s1. The first-order valence-corrected chi connectivity index (χ1v) is 5.68. The van der Waals surface area contributed by atoms with Crippen molar-refractivity contribution in [2.24, 2.45) is 0 Å². The Kier molecular flexibility index (Phi) is 2.80. The van der Waals surface area contributed by atoms with E-state index in [0.29, 0.717) is 10.5 Å². The normalized spacial score (nSPS) is 37.0. The lowest BCUT2D eigenvalue weighted by Gasteiger charge is -2.30. The summed E-state index contributed by atoms with van der Waals surface area (Å²) in [4.78, 5) is 14.2. The van der Waals surface area contributed by atoms with Crippen LogP contribution in [0.25, 0.3) is 0 Å². The van der Waals surface area contributed by atoms with E-state index < -0.39 is 0 Å². The predicted octanol–water partition coefficient (Wildman–Crippen LogP) is 0.764. The van der Waals surface area contributed by atoms with Crippen molar-refractivity contribution in [1.82, 2.24) is 10.2 Å². The third kappa shape index (κ3) is 1.79. The number of urea groups is 1. The lowest BCUT2D eigenvalue weighted by molar-refractivity contribution is -0.765. The molecule has 1 unspecified atom stereocenters. The number of carbonyl (C=O) groups is 1. The Labute approximate surface area is 91.1 Å². The molecular formula is C11H20N3O+. The van der Waals surface area contributed by atoms with E-state index in [0.717, 1.165) is 32.6 Å². The maximum atomic E-state index is 12.2. The molecule has 15 heavy (non-hydrogen) atoms. The minimum atomic E-state index is 0.207. The molecule has 2 aliphatic rings. The molecule has 84 valence electrons. The van der Waals surface area contributed by atoms with Gasteiger partial charge in [-0.1, -0.05) is 0 Å². The average Bonchev–Trinajstić information content (AvgIpc) is 2.58. The van der Waals surface area contributed by atoms with Gasteiger partial charge in [0.2, 0.25) is 0 Å². The molecule has 2 aliphatic heterocycles. The van der Waals surface area contributed by atoms with Gasteiger partial charge in [-0.3, -0.25) is 4.90 Å². The molecule has 0 aromatic rings. The molecule has 2 rings (SSSR count). The predicted molar refractivity (Wildman–Crippen MR) is 59.2 cm³/mol. The fraction of sp³-hybridized carbons (Fsp3) is 0.727. The Bertz CT molecular complexity index is 273. The van der Waals surface area contributed by atoms with Gasteiger partial charge in [0, 0.05) is 12.6 Å². The summed E-state index contributed by atoms with van der Waals surface area (Å²) in [7, 11) is 1.94. The smallest absolute Gasteiger partial charge is 0.315 e. The second kappa shape index (κ2) is 3.94. The van der Waals surface area contributed by atoms with Gasteiger partial charge >= 0.3 is 6.03 Å². The van der Waals surface area contributed by atoms with E-state index in [1.807, 2.05) is 11.9 Å². The number of hydrogen-bond acceptors (Lipinski definition) is 2. The van der Waals surface area contributed by atoms with Crippen molar-refractivity contribution in [3.05, 3.63) is 12.8 Å². The Morgan fingerprint density at radius 3 is 3.00 bits per heavy atom. The van der Waals surface area contributed by atoms with Gasteiger partial charge < -0.3 is 5.32 Å². The molecule has 2 saturated heterocycles. The number of nitrogens with one attached hydrogen (secondary N) is 1. The van der Waals surface area contributed by atoms with E-state index >= 15 is 0 Å². The number of rotatable bonds is 2. The highest BCUT2D eigenvalue weighted by Crippen LogP contribution is 2.22. The van der Waals surface area contributed by atoms with E-state index in [4.69, 9.17) is 0 Å². The van der Waals surface area contributed by atoms with E-state index in [1.165, 1.54) is 6.42 Å². The first-order chi connectivity index (χ1) is 7.17. The van der Waals surface area contributed by atoms with Crippen molar-refractivity contribution < 1.29 is 9.28 Å². The van der Waals surface area contributed by atoms with Gasteiger partial charge in [-0.15, -0.1) is 0 Å². The Morgan fingerprint density at radius 1 is 1.67 bits per heavy atom. The number of amides is 2. The molecule has 0 aromatic heterocycles. The summed E-state index contributed by atoms with van der Waals surface area (Å²) in [6.45, 7) is 7.52. The maximum absolute atomic E-state index is 12.2. The summed E-state index contributed by atoms with van der Waals surface area (Å²) < 4.78 is 0.358. The molecule has 0 radical (unpaired) electrons. The van der Waals surface area contributed by atoms with Crippen molar-refractivity contribution >= 4 is 6.03 Å². The molecule has 0 spiro atoms. The molecule has 2 fully saturated rings. The van der Waals surface area contributed by atoms with Gasteiger partial charge in [0.15, 0.2) is 0 Å². The van der Waals surface area contributed by atoms with Crippen LogP contribution in [0.5, 0.6) is 0 Å². The number of likely N-dealkylation sites (N-methyl/N-ethyl adjacent to an activating group) is 1. The highest BCUT2D eigenvalue weighted by Gasteiger charge is 2.44. The Hall–Kier alpha value is -0.870. The zero-order valence-corrected chi connectivity index (χ0v) is 9.41. The molecule has 0 saturated carbocycles. The summed E-state index contributed by atoms with van der Waals surface area (Å²) in [5.74, 6) is 0. The van der Waals surface area contributed by atoms with Crippen molar-refractivity contribution in [2.75, 3.05) is 33.2 Å². The quantitative estimate of drug-likeness (QED) is 0.683. The van der Waals surface area contributed by atoms with Crippen LogP contribution in [0.15, 0.2) is 12.8 Å². The molecule has 0 bridgehead atoms. The summed E-state index contributed by atoms with van der Waals surface area (Å²) in [6.07, 6.45) is 4.06. The first-order valence-electron chi connectivity index (χ1n) is 5.68. The van der Waals surface area contributed by atoms with Crippen LogP contribution >= 0.6 is 0 Å². The van der Waals surface area contributed by atoms with Gasteiger partial charge in [0.25, 0.3) is 0 Å². The molecule has 1 N–H and O–H groups in total. The van der Waals surface area contributed by atoms with Crippen LogP contribution in [0.4, 0.5) is 4.79 Å². The topological polar surface area (TPSA) is 32.3 Å². The summed E-state index contributed by atoms with van der Waals surface area (Å²) in [6, 6.07) is 0.602. The van der Waals surface area contributed by atoms with Gasteiger partial charge in [0.1, 0.15) is 6.54 Å². The lowest BCUT2D eigenvalue weighted by atomic mass is 10.1. The van der Waals surface area contributed by atoms with Crippen LogP contribution in [-0.4, -0.2) is 54.7 Å². The van der Waals surface area contributed by atoms with Crippen LogP contribution < -0.4 is 5.32 Å². The average molecular weight is 210 g/mol. The van der Waals surface area contributed by atoms with Crippen molar-refractivity contribution in [1.29, 1.82) is 0 Å². The third-order valence-electron chi connectivity index (χ3n) is 3.60. The molecule has 0 aromatic carbocycles. The number of carbonyl (C=O) groups excluding carboxylic acids is 1. The molecule has 2 heterocycles. The van der Waals surface area contributed by atoms with E-state index in [-0.39, 0.29) is 6.03 Å². The van der Waals surface area contributed by atoms with Crippen LogP contribution in [0.2, 0.25) is 0 Å². The zero-order chi connectivity index (χ0) is 10.9. The molecule has 2 amide bonds. The van der Waals surface area contributed by atoms with Crippen LogP contribution in [0, 0.1) is 0 Å². The fourth-order valence-corrected chi connectivity index (χ4v) is 2.41. The van der Waals surface area contributed by atoms with Crippen molar-refractivity contribution in [3.63, 3.8) is 0 Å². The maximum Gasteiger partial charge on any atom is 0.424 e. The number of piperidine rings is 1. The minimum Gasteiger partial charge on any atom is -0.315 e. The zero-order valence-electron chi connectivity index (χ0n) is 9.41. The molecule has 4 heteroatoms. The monoisotopic (exact) mass is 210 g/mol. The highest BCUT2D eigenvalue weighted by atomic mass is 16.2. The Morgan fingerprint density at radius 2 is 2.47 bits per heavy atom. The van der Waals surface area contributed by atoms with Crippen LogP contribution in [0.3, 0.4) is 0 Å². The van der Waals surface area contributed by atoms with Gasteiger partial charge in [-0.2, -0.15) is 0 Å². The lowest BCUT2D eigenvalue weighted by Crippen LogP contribution is -2.50. The largest absolute Gasteiger partial charge is 0.424 e. The number of nitrogens with zero attached hydrogens (tertiary/aromatic N) is 2. The second-order valence-electron chi connectivity index (χ2n) is 4.65. The van der Waals surface area contributed by atoms with Crippen LogP contribution in [0.1, 0.15) is 12.8 Å². The SMILES string of the molecule is C=C[N+]1(C)CCN([C@@H]2CCCNC2)C1=O. The molecule has 2 atom stereocenters. The van der Waals surface area contributed by atoms with Crippen molar-refractivity contribution in [2.45, 2.75) is 18.9 Å². The minimum absolute atomic E-state index is 0.207. The molecule has 4 nitrogen and oxygen atoms in total. The highest BCUT2D eigenvalue weighted by molar-refractivity contribution is 5.70. The van der Waals surface area contributed by atoms with Gasteiger partial charge in [0.05, 0.1) is 19.8 Å². The molecule has 0 aliphatic carbocycles. The van der Waals surface area contributed by atoms with E-state index in [2.05, 4.69) is 11.9 Å². The van der Waals surface area contributed by atoms with E-state index in [9.17, 15) is 4.79 Å². The van der Waals surface area contributed by atoms with Crippen LogP contribution in [-0.2, 0) is 0 Å². The fourth-order valence-electron chi connectivity index (χ4n) is 2.41. The summed E-state index contributed by atoms with van der Waals surface area (Å²) in [5.41, 5.74) is 0. The molecular weight excluding hydrogens is 190 g/mol. The van der Waals surface area contributed by atoms with Gasteiger partial charge in [-0.05, 0) is 26.0 Å². The van der Waals surface area contributed by atoms with E-state index in [1.54, 1.807) is 6.20 Å². The summed E-state index contributed by atoms with van der Waals surface area (Å²) in [5, 5.41) is 3.35. The first kappa shape index (κ1) is 10.6. The third-order valence-corrected chi connectivity index (χ3v) is 3.60. The number of hydrogen-bond donors (Lipinski definition) is 1. The Balaban J connectivity index is 2.06. The van der Waals surface area contributed by atoms with Gasteiger partial charge in [-0.25, -0.2) is 9.28 Å². The number of quaternary nitrogens is 1. The second-order valence-corrected chi connectivity index (χ2v) is 4.65.